The maximum Gasteiger partial charge on any atom is 0.121 e. The highest BCUT2D eigenvalue weighted by atomic mass is 16.3. The zero-order chi connectivity index (χ0) is 13.1. The van der Waals surface area contributed by atoms with Gasteiger partial charge in [0.05, 0.1) is 12.7 Å². The summed E-state index contributed by atoms with van der Waals surface area (Å²) in [6.07, 6.45) is -0.653. The summed E-state index contributed by atoms with van der Waals surface area (Å²) in [5.41, 5.74) is 1.05. The Kier molecular flexibility index (Phi) is 4.51. The van der Waals surface area contributed by atoms with Crippen LogP contribution in [0, 0.1) is 0 Å². The molecule has 0 unspecified atom stereocenters. The minimum atomic E-state index is -0.653. The first-order chi connectivity index (χ1) is 7.83. The normalized spacial score (nSPS) is 13.7. The van der Waals surface area contributed by atoms with Crippen molar-refractivity contribution < 1.29 is 15.3 Å². The molecule has 0 saturated heterocycles. The first-order valence-corrected chi connectivity index (χ1v) is 5.69. The molecule has 17 heavy (non-hydrogen) atoms. The molecule has 1 rings (SSSR count). The number of aromatic hydroxyl groups is 1. The number of β-amino-alcohol motifs (C(OH)–C–C–N with tert-alkyl or cyclic N) is 1. The average Bonchev–Trinajstić information content (AvgIpc) is 2.25. The van der Waals surface area contributed by atoms with E-state index in [2.05, 4.69) is 5.32 Å². The van der Waals surface area contributed by atoms with Crippen molar-refractivity contribution >= 4 is 0 Å². The maximum absolute atomic E-state index is 9.97. The van der Waals surface area contributed by atoms with Crippen LogP contribution in [0.25, 0.3) is 0 Å². The van der Waals surface area contributed by atoms with Crippen LogP contribution in [0.5, 0.6) is 5.75 Å². The lowest BCUT2D eigenvalue weighted by Gasteiger charge is -2.23. The molecule has 0 heterocycles. The number of benzene rings is 1. The first kappa shape index (κ1) is 14.0. The Hall–Kier alpha value is -1.10. The predicted molar refractivity (Wildman–Crippen MR) is 66.7 cm³/mol. The van der Waals surface area contributed by atoms with E-state index in [0.717, 1.165) is 0 Å². The fourth-order valence-corrected chi connectivity index (χ4v) is 1.46. The van der Waals surface area contributed by atoms with E-state index in [4.69, 9.17) is 5.11 Å². The number of rotatable bonds is 4. The molecule has 0 aliphatic heterocycles. The van der Waals surface area contributed by atoms with E-state index >= 15 is 0 Å². The standard InChI is InChI=1S/C13H21NO3/c1-13(2,3)14-7-12(17)9-4-5-11(16)10(6-9)8-15/h4-6,12,14-17H,7-8H2,1-3H3/t12-/m1/s1. The van der Waals surface area contributed by atoms with Crippen LogP contribution in [0.4, 0.5) is 0 Å². The first-order valence-electron chi connectivity index (χ1n) is 5.69. The van der Waals surface area contributed by atoms with Gasteiger partial charge in [-0.05, 0) is 38.5 Å². The van der Waals surface area contributed by atoms with Crippen molar-refractivity contribution in [3.05, 3.63) is 29.3 Å². The molecule has 0 saturated carbocycles. The van der Waals surface area contributed by atoms with Crippen LogP contribution in [0.2, 0.25) is 0 Å². The molecule has 0 fully saturated rings. The number of nitrogens with one attached hydrogen (secondary N) is 1. The van der Waals surface area contributed by atoms with Gasteiger partial charge in [0.1, 0.15) is 5.75 Å². The van der Waals surface area contributed by atoms with Gasteiger partial charge in [0.2, 0.25) is 0 Å². The summed E-state index contributed by atoms with van der Waals surface area (Å²) >= 11 is 0. The summed E-state index contributed by atoms with van der Waals surface area (Å²) in [6.45, 7) is 6.26. The van der Waals surface area contributed by atoms with Crippen molar-refractivity contribution in [2.45, 2.75) is 39.0 Å². The Morgan fingerprint density at radius 3 is 2.47 bits per heavy atom. The van der Waals surface area contributed by atoms with Gasteiger partial charge in [-0.1, -0.05) is 6.07 Å². The Morgan fingerprint density at radius 1 is 1.29 bits per heavy atom. The van der Waals surface area contributed by atoms with E-state index in [-0.39, 0.29) is 17.9 Å². The number of aliphatic hydroxyl groups excluding tert-OH is 2. The van der Waals surface area contributed by atoms with Crippen molar-refractivity contribution in [2.75, 3.05) is 6.54 Å². The van der Waals surface area contributed by atoms with Crippen molar-refractivity contribution in [1.29, 1.82) is 0 Å². The molecule has 0 bridgehead atoms. The number of hydrogen-bond acceptors (Lipinski definition) is 4. The van der Waals surface area contributed by atoms with Gasteiger partial charge in [-0.2, -0.15) is 0 Å². The largest absolute Gasteiger partial charge is 0.508 e. The monoisotopic (exact) mass is 239 g/mol. The summed E-state index contributed by atoms with van der Waals surface area (Å²) in [5.74, 6) is 0.0484. The molecular formula is C13H21NO3. The topological polar surface area (TPSA) is 72.7 Å². The molecule has 0 aliphatic rings. The lowest BCUT2D eigenvalue weighted by atomic mass is 10.0. The summed E-state index contributed by atoms with van der Waals surface area (Å²) in [4.78, 5) is 0. The van der Waals surface area contributed by atoms with Gasteiger partial charge in [-0.25, -0.2) is 0 Å². The highest BCUT2D eigenvalue weighted by molar-refractivity contribution is 5.36. The van der Waals surface area contributed by atoms with E-state index in [0.29, 0.717) is 17.7 Å². The van der Waals surface area contributed by atoms with Gasteiger partial charge in [0, 0.05) is 17.6 Å². The van der Waals surface area contributed by atoms with Crippen LogP contribution in [0.15, 0.2) is 18.2 Å². The van der Waals surface area contributed by atoms with E-state index in [1.165, 1.54) is 6.07 Å². The van der Waals surface area contributed by atoms with Crippen LogP contribution >= 0.6 is 0 Å². The molecule has 96 valence electrons. The molecule has 0 spiro atoms. The molecule has 1 aromatic carbocycles. The molecule has 4 N–H and O–H groups in total. The Balaban J connectivity index is 2.72. The van der Waals surface area contributed by atoms with Gasteiger partial charge in [-0.3, -0.25) is 0 Å². The van der Waals surface area contributed by atoms with Gasteiger partial charge in [0.25, 0.3) is 0 Å². The fraction of sp³-hybridized carbons (Fsp3) is 0.538. The van der Waals surface area contributed by atoms with Crippen molar-refractivity contribution in [1.82, 2.24) is 5.32 Å². The number of aliphatic hydroxyl groups is 2. The minimum absolute atomic E-state index is 0.0484. The van der Waals surface area contributed by atoms with E-state index in [1.54, 1.807) is 12.1 Å². The second kappa shape index (κ2) is 5.49. The quantitative estimate of drug-likeness (QED) is 0.639. The van der Waals surface area contributed by atoms with E-state index < -0.39 is 6.10 Å². The van der Waals surface area contributed by atoms with Gasteiger partial charge in [0.15, 0.2) is 0 Å². The van der Waals surface area contributed by atoms with Gasteiger partial charge < -0.3 is 20.6 Å². The summed E-state index contributed by atoms with van der Waals surface area (Å²) in [6, 6.07) is 4.76. The molecule has 1 atom stereocenters. The highest BCUT2D eigenvalue weighted by Gasteiger charge is 2.14. The van der Waals surface area contributed by atoms with Crippen molar-refractivity contribution in [3.8, 4) is 5.75 Å². The molecule has 4 heteroatoms. The SMILES string of the molecule is CC(C)(C)NC[C@@H](O)c1ccc(O)c(CO)c1. The Bertz CT molecular complexity index is 371. The zero-order valence-corrected chi connectivity index (χ0v) is 10.6. The average molecular weight is 239 g/mol. The van der Waals surface area contributed by atoms with Crippen molar-refractivity contribution in [2.24, 2.45) is 0 Å². The highest BCUT2D eigenvalue weighted by Crippen LogP contribution is 2.22. The van der Waals surface area contributed by atoms with Gasteiger partial charge in [-0.15, -0.1) is 0 Å². The molecule has 1 aromatic rings. The van der Waals surface area contributed by atoms with Gasteiger partial charge >= 0.3 is 0 Å². The van der Waals surface area contributed by atoms with Crippen LogP contribution in [0.1, 0.15) is 38.0 Å². The van der Waals surface area contributed by atoms with Crippen molar-refractivity contribution in [3.63, 3.8) is 0 Å². The lowest BCUT2D eigenvalue weighted by Crippen LogP contribution is -2.38. The fourth-order valence-electron chi connectivity index (χ4n) is 1.46. The molecular weight excluding hydrogens is 218 g/mol. The molecule has 4 nitrogen and oxygen atoms in total. The molecule has 0 amide bonds. The second-order valence-corrected chi connectivity index (χ2v) is 5.19. The maximum atomic E-state index is 9.97. The second-order valence-electron chi connectivity index (χ2n) is 5.19. The molecule has 0 aromatic heterocycles. The third-order valence-electron chi connectivity index (χ3n) is 2.48. The number of phenols is 1. The summed E-state index contributed by atoms with van der Waals surface area (Å²) in [7, 11) is 0. The van der Waals surface area contributed by atoms with E-state index in [9.17, 15) is 10.2 Å². The third kappa shape index (κ3) is 4.34. The van der Waals surface area contributed by atoms with Crippen LogP contribution in [0.3, 0.4) is 0 Å². The molecule has 0 aliphatic carbocycles. The predicted octanol–water partition coefficient (Wildman–Crippen LogP) is 1.31. The summed E-state index contributed by atoms with van der Waals surface area (Å²) in [5, 5.41) is 31.6. The summed E-state index contributed by atoms with van der Waals surface area (Å²) < 4.78 is 0. The third-order valence-corrected chi connectivity index (χ3v) is 2.48. The minimum Gasteiger partial charge on any atom is -0.508 e. The lowest BCUT2D eigenvalue weighted by molar-refractivity contribution is 0.163. The Morgan fingerprint density at radius 2 is 1.94 bits per heavy atom. The Labute approximate surface area is 102 Å². The number of hydrogen-bond donors (Lipinski definition) is 4. The molecule has 0 radical (unpaired) electrons. The zero-order valence-electron chi connectivity index (χ0n) is 10.6. The van der Waals surface area contributed by atoms with Crippen LogP contribution in [-0.2, 0) is 6.61 Å². The van der Waals surface area contributed by atoms with Crippen LogP contribution in [-0.4, -0.2) is 27.4 Å². The smallest absolute Gasteiger partial charge is 0.121 e. The van der Waals surface area contributed by atoms with E-state index in [1.807, 2.05) is 20.8 Å². The van der Waals surface area contributed by atoms with Crippen LogP contribution < -0.4 is 5.32 Å².